The summed E-state index contributed by atoms with van der Waals surface area (Å²) in [5, 5.41) is 3.95. The first-order valence-corrected chi connectivity index (χ1v) is 7.52. The maximum absolute atomic E-state index is 3.95. The topological polar surface area (TPSA) is 15.3 Å². The molecule has 4 fully saturated rings. The Morgan fingerprint density at radius 3 is 2.00 bits per heavy atom. The summed E-state index contributed by atoms with van der Waals surface area (Å²) in [5.74, 6) is 4.21. The molecule has 4 aliphatic carbocycles. The number of likely N-dealkylation sites (N-methyl/N-ethyl adjacent to an activating group) is 1. The van der Waals surface area contributed by atoms with Crippen LogP contribution < -0.4 is 5.32 Å². The van der Waals surface area contributed by atoms with Crippen LogP contribution in [-0.2, 0) is 0 Å². The Kier molecular flexibility index (Phi) is 3.20. The second-order valence-electron chi connectivity index (χ2n) is 7.29. The molecule has 2 nitrogen and oxygen atoms in total. The molecule has 98 valence electrons. The van der Waals surface area contributed by atoms with Gasteiger partial charge in [-0.05, 0) is 76.8 Å². The zero-order valence-corrected chi connectivity index (χ0v) is 11.7. The first-order valence-electron chi connectivity index (χ1n) is 7.52. The zero-order chi connectivity index (χ0) is 12.0. The van der Waals surface area contributed by atoms with Crippen LogP contribution in [0, 0.1) is 23.7 Å². The van der Waals surface area contributed by atoms with Crippen molar-refractivity contribution in [1.82, 2.24) is 10.2 Å². The first-order chi connectivity index (χ1) is 8.11. The minimum atomic E-state index is 0.646. The van der Waals surface area contributed by atoms with Crippen LogP contribution in [0.5, 0.6) is 0 Å². The first kappa shape index (κ1) is 12.0. The molecule has 0 aliphatic heterocycles. The molecule has 0 aromatic rings. The molecule has 0 aromatic heterocycles. The maximum atomic E-state index is 3.95. The molecular weight excluding hydrogens is 208 g/mol. The molecule has 1 N–H and O–H groups in total. The predicted molar refractivity (Wildman–Crippen MR) is 72.0 cm³/mol. The van der Waals surface area contributed by atoms with Crippen molar-refractivity contribution in [3.8, 4) is 0 Å². The molecule has 1 atom stereocenters. The normalized spacial score (nSPS) is 45.5. The standard InChI is InChI=1S/C15H28N2/c1-10(9-17(2)3)16-15-13-5-11-4-12(7-13)8-14(15)6-11/h10-16H,4-9H2,1-3H3. The Bertz CT molecular complexity index is 246. The van der Waals surface area contributed by atoms with Crippen molar-refractivity contribution in [2.45, 2.75) is 51.1 Å². The van der Waals surface area contributed by atoms with Crippen LogP contribution >= 0.6 is 0 Å². The third kappa shape index (κ3) is 2.39. The molecule has 4 saturated carbocycles. The largest absolute Gasteiger partial charge is 0.310 e. The summed E-state index contributed by atoms with van der Waals surface area (Å²) in [4.78, 5) is 2.30. The molecule has 0 spiro atoms. The van der Waals surface area contributed by atoms with Gasteiger partial charge in [0.1, 0.15) is 0 Å². The van der Waals surface area contributed by atoms with Crippen LogP contribution in [0.1, 0.15) is 39.0 Å². The Morgan fingerprint density at radius 1 is 1.00 bits per heavy atom. The number of nitrogens with zero attached hydrogens (tertiary/aromatic N) is 1. The highest BCUT2D eigenvalue weighted by Gasteiger charge is 2.48. The van der Waals surface area contributed by atoms with E-state index in [1.807, 2.05) is 0 Å². The number of rotatable bonds is 4. The molecule has 0 saturated heterocycles. The van der Waals surface area contributed by atoms with E-state index in [0.29, 0.717) is 6.04 Å². The van der Waals surface area contributed by atoms with Gasteiger partial charge in [0.25, 0.3) is 0 Å². The Hall–Kier alpha value is -0.0800. The van der Waals surface area contributed by atoms with Crippen molar-refractivity contribution in [3.05, 3.63) is 0 Å². The summed E-state index contributed by atoms with van der Waals surface area (Å²) >= 11 is 0. The average molecular weight is 236 g/mol. The van der Waals surface area contributed by atoms with E-state index in [2.05, 4.69) is 31.2 Å². The van der Waals surface area contributed by atoms with Crippen molar-refractivity contribution < 1.29 is 0 Å². The van der Waals surface area contributed by atoms with Crippen molar-refractivity contribution in [2.75, 3.05) is 20.6 Å². The molecular formula is C15H28N2. The van der Waals surface area contributed by atoms with Gasteiger partial charge >= 0.3 is 0 Å². The van der Waals surface area contributed by atoms with E-state index >= 15 is 0 Å². The molecule has 2 heteroatoms. The molecule has 4 rings (SSSR count). The Balaban J connectivity index is 1.60. The summed E-state index contributed by atoms with van der Waals surface area (Å²) in [7, 11) is 4.35. The van der Waals surface area contributed by atoms with Crippen molar-refractivity contribution in [2.24, 2.45) is 23.7 Å². The quantitative estimate of drug-likeness (QED) is 0.806. The van der Waals surface area contributed by atoms with Crippen molar-refractivity contribution in [1.29, 1.82) is 0 Å². The lowest BCUT2D eigenvalue weighted by Crippen LogP contribution is -2.57. The maximum Gasteiger partial charge on any atom is 0.0169 e. The monoisotopic (exact) mass is 236 g/mol. The highest BCUT2D eigenvalue weighted by molar-refractivity contribution is 5.01. The molecule has 0 aromatic carbocycles. The van der Waals surface area contributed by atoms with E-state index < -0.39 is 0 Å². The minimum absolute atomic E-state index is 0.646. The lowest BCUT2D eigenvalue weighted by molar-refractivity contribution is -0.0178. The molecule has 1 unspecified atom stereocenters. The molecule has 4 bridgehead atoms. The molecule has 0 amide bonds. The van der Waals surface area contributed by atoms with Gasteiger partial charge in [0.15, 0.2) is 0 Å². The third-order valence-electron chi connectivity index (χ3n) is 5.34. The summed E-state index contributed by atoms with van der Waals surface area (Å²) in [6.45, 7) is 3.52. The van der Waals surface area contributed by atoms with Gasteiger partial charge in [-0.15, -0.1) is 0 Å². The fraction of sp³-hybridized carbons (Fsp3) is 1.00. The Morgan fingerprint density at radius 2 is 1.53 bits per heavy atom. The summed E-state index contributed by atoms with van der Waals surface area (Å²) < 4.78 is 0. The molecule has 0 heterocycles. The van der Waals surface area contributed by atoms with Crippen LogP contribution in [0.2, 0.25) is 0 Å². The lowest BCUT2D eigenvalue weighted by Gasteiger charge is -2.55. The van der Waals surface area contributed by atoms with Gasteiger partial charge in [-0.3, -0.25) is 0 Å². The van der Waals surface area contributed by atoms with Crippen molar-refractivity contribution in [3.63, 3.8) is 0 Å². The fourth-order valence-electron chi connectivity index (χ4n) is 5.13. The van der Waals surface area contributed by atoms with Gasteiger partial charge in [0.05, 0.1) is 0 Å². The van der Waals surface area contributed by atoms with Crippen molar-refractivity contribution >= 4 is 0 Å². The van der Waals surface area contributed by atoms with Crippen LogP contribution in [0.4, 0.5) is 0 Å². The summed E-state index contributed by atoms with van der Waals surface area (Å²) in [6, 6.07) is 1.49. The summed E-state index contributed by atoms with van der Waals surface area (Å²) in [5.41, 5.74) is 0. The predicted octanol–water partition coefficient (Wildman–Crippen LogP) is 2.35. The van der Waals surface area contributed by atoms with Crippen LogP contribution in [0.25, 0.3) is 0 Å². The van der Waals surface area contributed by atoms with E-state index in [-0.39, 0.29) is 0 Å². The van der Waals surface area contributed by atoms with E-state index in [4.69, 9.17) is 0 Å². The van der Waals surface area contributed by atoms with E-state index in [1.54, 1.807) is 6.42 Å². The van der Waals surface area contributed by atoms with E-state index in [0.717, 1.165) is 29.7 Å². The highest BCUT2D eigenvalue weighted by Crippen LogP contribution is 2.53. The third-order valence-corrected chi connectivity index (χ3v) is 5.34. The number of nitrogens with one attached hydrogen (secondary N) is 1. The van der Waals surface area contributed by atoms with E-state index in [9.17, 15) is 0 Å². The minimum Gasteiger partial charge on any atom is -0.310 e. The second kappa shape index (κ2) is 4.55. The SMILES string of the molecule is CC(CN(C)C)NC1C2CC3CC(C2)CC1C3. The van der Waals surface area contributed by atoms with Gasteiger partial charge in [-0.25, -0.2) is 0 Å². The average Bonchev–Trinajstić information content (AvgIpc) is 2.21. The molecule has 17 heavy (non-hydrogen) atoms. The van der Waals surface area contributed by atoms with Crippen LogP contribution in [-0.4, -0.2) is 37.6 Å². The zero-order valence-electron chi connectivity index (χ0n) is 11.7. The van der Waals surface area contributed by atoms with Gasteiger partial charge < -0.3 is 10.2 Å². The van der Waals surface area contributed by atoms with Gasteiger partial charge in [-0.1, -0.05) is 0 Å². The van der Waals surface area contributed by atoms with Gasteiger partial charge in [0, 0.05) is 18.6 Å². The lowest BCUT2D eigenvalue weighted by atomic mass is 9.54. The van der Waals surface area contributed by atoms with Gasteiger partial charge in [0.2, 0.25) is 0 Å². The van der Waals surface area contributed by atoms with Crippen LogP contribution in [0.3, 0.4) is 0 Å². The highest BCUT2D eigenvalue weighted by atomic mass is 15.1. The van der Waals surface area contributed by atoms with E-state index in [1.165, 1.54) is 32.2 Å². The molecule has 4 aliphatic rings. The fourth-order valence-corrected chi connectivity index (χ4v) is 5.13. The summed E-state index contributed by atoms with van der Waals surface area (Å²) in [6.07, 6.45) is 7.67. The molecule has 0 radical (unpaired) electrons. The Labute approximate surface area is 106 Å². The number of hydrogen-bond donors (Lipinski definition) is 1. The van der Waals surface area contributed by atoms with Crippen LogP contribution in [0.15, 0.2) is 0 Å². The number of hydrogen-bond acceptors (Lipinski definition) is 2. The van der Waals surface area contributed by atoms with Gasteiger partial charge in [-0.2, -0.15) is 0 Å². The smallest absolute Gasteiger partial charge is 0.0169 e. The second-order valence-corrected chi connectivity index (χ2v) is 7.29.